The molecule has 5 rings (SSSR count). The first-order valence-corrected chi connectivity index (χ1v) is 10.3. The molecule has 0 aliphatic carbocycles. The van der Waals surface area contributed by atoms with Crippen LogP contribution in [0.2, 0.25) is 0 Å². The lowest BCUT2D eigenvalue weighted by Crippen LogP contribution is -2.55. The van der Waals surface area contributed by atoms with Gasteiger partial charge >= 0.3 is 0 Å². The van der Waals surface area contributed by atoms with Crippen LogP contribution in [0.5, 0.6) is 5.88 Å². The van der Waals surface area contributed by atoms with E-state index in [2.05, 4.69) is 15.2 Å². The number of likely N-dealkylation sites (tertiary alicyclic amines) is 1. The summed E-state index contributed by atoms with van der Waals surface area (Å²) in [5.41, 5.74) is 0.728. The van der Waals surface area contributed by atoms with Crippen LogP contribution in [0, 0.1) is 5.82 Å². The lowest BCUT2D eigenvalue weighted by atomic mass is 10.0. The number of piperidine rings is 1. The Labute approximate surface area is 186 Å². The molecular weight excluding hydrogens is 435 g/mol. The summed E-state index contributed by atoms with van der Waals surface area (Å²) < 4.78 is 49.3. The van der Waals surface area contributed by atoms with Crippen molar-refractivity contribution in [2.45, 2.75) is 18.4 Å². The van der Waals surface area contributed by atoms with E-state index in [-0.39, 0.29) is 18.0 Å². The van der Waals surface area contributed by atoms with Crippen molar-refractivity contribution < 1.29 is 22.7 Å². The Kier molecular flexibility index (Phi) is 5.20. The van der Waals surface area contributed by atoms with Gasteiger partial charge in [0.05, 0.1) is 35.7 Å². The van der Waals surface area contributed by atoms with Crippen molar-refractivity contribution in [3.8, 4) is 11.6 Å². The smallest absolute Gasteiger partial charge is 0.287 e. The predicted molar refractivity (Wildman–Crippen MR) is 113 cm³/mol. The van der Waals surface area contributed by atoms with E-state index in [1.54, 1.807) is 18.2 Å². The van der Waals surface area contributed by atoms with Crippen LogP contribution in [0.3, 0.4) is 0 Å². The van der Waals surface area contributed by atoms with Crippen molar-refractivity contribution >= 4 is 16.8 Å². The van der Waals surface area contributed by atoms with Crippen LogP contribution in [-0.2, 0) is 0 Å². The van der Waals surface area contributed by atoms with Crippen molar-refractivity contribution in [1.29, 1.82) is 0 Å². The van der Waals surface area contributed by atoms with E-state index in [1.165, 1.54) is 40.3 Å². The summed E-state index contributed by atoms with van der Waals surface area (Å²) in [6.45, 7) is -0.648. The third kappa shape index (κ3) is 4.11. The quantitative estimate of drug-likeness (QED) is 0.469. The normalized spacial score (nSPS) is 17.8. The van der Waals surface area contributed by atoms with Gasteiger partial charge in [-0.25, -0.2) is 18.2 Å². The van der Waals surface area contributed by atoms with Gasteiger partial charge in [-0.3, -0.25) is 4.79 Å². The predicted octanol–water partition coefficient (Wildman–Crippen LogP) is 3.88. The number of benzene rings is 2. The number of halogens is 3. The van der Waals surface area contributed by atoms with Crippen molar-refractivity contribution in [1.82, 2.24) is 24.9 Å². The Bertz CT molecular complexity index is 1310. The third-order valence-electron chi connectivity index (χ3n) is 5.53. The summed E-state index contributed by atoms with van der Waals surface area (Å²) in [6.07, 6.45) is 0.655. The molecule has 0 radical (unpaired) electrons. The van der Waals surface area contributed by atoms with Crippen LogP contribution < -0.4 is 4.74 Å². The van der Waals surface area contributed by atoms with Crippen LogP contribution in [0.4, 0.5) is 13.2 Å². The zero-order chi connectivity index (χ0) is 23.0. The number of hydrogen-bond donors (Lipinski definition) is 0. The molecule has 0 unspecified atom stereocenters. The first-order chi connectivity index (χ1) is 15.9. The number of aromatic nitrogens is 4. The van der Waals surface area contributed by atoms with Gasteiger partial charge in [-0.05, 0) is 30.3 Å². The fourth-order valence-corrected chi connectivity index (χ4v) is 3.76. The highest BCUT2D eigenvalue weighted by molar-refractivity contribution is 5.95. The Morgan fingerprint density at radius 3 is 2.67 bits per heavy atom. The molecule has 3 heterocycles. The summed E-state index contributed by atoms with van der Waals surface area (Å²) in [6, 6.07) is 14.3. The van der Waals surface area contributed by atoms with E-state index in [0.29, 0.717) is 11.2 Å². The van der Waals surface area contributed by atoms with Crippen molar-refractivity contribution in [2.24, 2.45) is 0 Å². The first-order valence-electron chi connectivity index (χ1n) is 10.3. The maximum atomic E-state index is 14.7. The fourth-order valence-electron chi connectivity index (χ4n) is 3.76. The largest absolute Gasteiger partial charge is 0.466 e. The van der Waals surface area contributed by atoms with E-state index in [4.69, 9.17) is 4.74 Å². The Morgan fingerprint density at radius 1 is 1.06 bits per heavy atom. The number of amides is 1. The number of pyridine rings is 1. The molecule has 0 spiro atoms. The van der Waals surface area contributed by atoms with Gasteiger partial charge in [0.15, 0.2) is 6.10 Å². The first kappa shape index (κ1) is 20.9. The lowest BCUT2D eigenvalue weighted by Gasteiger charge is -2.38. The van der Waals surface area contributed by atoms with E-state index >= 15 is 0 Å². The van der Waals surface area contributed by atoms with Gasteiger partial charge in [-0.2, -0.15) is 15.0 Å². The van der Waals surface area contributed by atoms with Crippen LogP contribution in [0.15, 0.2) is 67.0 Å². The molecule has 1 atom stereocenters. The molecule has 10 heteroatoms. The molecule has 1 saturated heterocycles. The average molecular weight is 453 g/mol. The molecule has 2 aromatic heterocycles. The maximum absolute atomic E-state index is 14.7. The van der Waals surface area contributed by atoms with E-state index in [9.17, 15) is 18.0 Å². The van der Waals surface area contributed by atoms with E-state index in [0.717, 1.165) is 11.5 Å². The summed E-state index contributed by atoms with van der Waals surface area (Å²) >= 11 is 0. The molecule has 7 nitrogen and oxygen atoms in total. The minimum atomic E-state index is -3.18. The topological polar surface area (TPSA) is 73.1 Å². The lowest BCUT2D eigenvalue weighted by molar-refractivity contribution is -0.131. The maximum Gasteiger partial charge on any atom is 0.287 e. The highest BCUT2D eigenvalue weighted by Gasteiger charge is 2.47. The second kappa shape index (κ2) is 8.19. The highest BCUT2D eigenvalue weighted by Crippen LogP contribution is 2.32. The minimum Gasteiger partial charge on any atom is -0.466 e. The second-order valence-corrected chi connectivity index (χ2v) is 7.69. The number of fused-ring (bicyclic) bond motifs is 1. The molecule has 168 valence electrons. The number of carbonyl (C=O) groups excluding carboxylic acids is 1. The van der Waals surface area contributed by atoms with Gasteiger partial charge in [0, 0.05) is 24.4 Å². The van der Waals surface area contributed by atoms with Gasteiger partial charge < -0.3 is 9.64 Å². The summed E-state index contributed by atoms with van der Waals surface area (Å²) in [5.74, 6) is -4.62. The molecule has 0 bridgehead atoms. The second-order valence-electron chi connectivity index (χ2n) is 7.69. The van der Waals surface area contributed by atoms with Gasteiger partial charge in [-0.1, -0.05) is 18.2 Å². The monoisotopic (exact) mass is 453 g/mol. The Hall–Kier alpha value is -3.95. The standard InChI is InChI=1S/C23H18F3N5O2/c24-18-7-6-16(31-27-10-11-28-31)13-17(18)22(32)30-12-9-23(25,26)20(14-30)33-21-8-5-15-3-1-2-4-19(15)29-21/h1-8,10-11,13,20H,9,12,14H2/t20-/m0/s1. The molecule has 0 saturated carbocycles. The molecule has 2 aromatic carbocycles. The zero-order valence-electron chi connectivity index (χ0n) is 17.2. The number of para-hydroxylation sites is 1. The minimum absolute atomic E-state index is 0.0330. The number of alkyl halides is 2. The number of rotatable bonds is 4. The molecule has 1 fully saturated rings. The molecule has 1 aliphatic rings. The molecule has 4 aromatic rings. The van der Waals surface area contributed by atoms with Crippen LogP contribution in [0.1, 0.15) is 16.8 Å². The number of hydrogen-bond acceptors (Lipinski definition) is 5. The van der Waals surface area contributed by atoms with Crippen molar-refractivity contribution in [2.75, 3.05) is 13.1 Å². The fraction of sp³-hybridized carbons (Fsp3) is 0.217. The number of carbonyl (C=O) groups is 1. The van der Waals surface area contributed by atoms with Gasteiger partial charge in [-0.15, -0.1) is 0 Å². The summed E-state index contributed by atoms with van der Waals surface area (Å²) in [5, 5.41) is 8.77. The van der Waals surface area contributed by atoms with Gasteiger partial charge in [0.1, 0.15) is 5.82 Å². The molecule has 1 aliphatic heterocycles. The average Bonchev–Trinajstić information content (AvgIpc) is 3.35. The van der Waals surface area contributed by atoms with E-state index in [1.807, 2.05) is 12.1 Å². The molecule has 33 heavy (non-hydrogen) atoms. The summed E-state index contributed by atoms with van der Waals surface area (Å²) in [7, 11) is 0. The van der Waals surface area contributed by atoms with E-state index < -0.39 is 36.7 Å². The van der Waals surface area contributed by atoms with Gasteiger partial charge in [0.25, 0.3) is 11.8 Å². The third-order valence-corrected chi connectivity index (χ3v) is 5.53. The summed E-state index contributed by atoms with van der Waals surface area (Å²) in [4.78, 5) is 19.7. The molecule has 1 amide bonds. The Balaban J connectivity index is 1.38. The molecule has 0 N–H and O–H groups in total. The number of ether oxygens (including phenoxy) is 1. The van der Waals surface area contributed by atoms with Crippen LogP contribution >= 0.6 is 0 Å². The van der Waals surface area contributed by atoms with Crippen molar-refractivity contribution in [3.63, 3.8) is 0 Å². The van der Waals surface area contributed by atoms with Crippen LogP contribution in [0.25, 0.3) is 16.6 Å². The Morgan fingerprint density at radius 2 is 1.85 bits per heavy atom. The molecular formula is C23H18F3N5O2. The number of nitrogens with zero attached hydrogens (tertiary/aromatic N) is 5. The van der Waals surface area contributed by atoms with Crippen molar-refractivity contribution in [3.05, 3.63) is 78.4 Å². The van der Waals surface area contributed by atoms with Crippen LogP contribution in [-0.4, -0.2) is 55.9 Å². The zero-order valence-corrected chi connectivity index (χ0v) is 17.2. The highest BCUT2D eigenvalue weighted by atomic mass is 19.3. The SMILES string of the molecule is O=C(c1cc(-n2nccn2)ccc1F)N1CCC(F)(F)[C@@H](Oc2ccc3ccccc3n2)C1. The van der Waals surface area contributed by atoms with Gasteiger partial charge in [0.2, 0.25) is 5.88 Å².